The Kier molecular flexibility index (Phi) is 31.7. The smallest absolute Gasteiger partial charge is 0.305 e. The highest BCUT2D eigenvalue weighted by Crippen LogP contribution is 2.15. The van der Waals surface area contributed by atoms with E-state index in [9.17, 15) is 4.79 Å². The van der Waals surface area contributed by atoms with Crippen molar-refractivity contribution in [1.29, 1.82) is 0 Å². The second-order valence-electron chi connectivity index (χ2n) is 12.3. The fourth-order valence-electron chi connectivity index (χ4n) is 5.20. The number of hydrogen-bond acceptors (Lipinski definition) is 2. The van der Waals surface area contributed by atoms with Crippen molar-refractivity contribution >= 4 is 5.97 Å². The van der Waals surface area contributed by atoms with Gasteiger partial charge in [-0.3, -0.25) is 4.79 Å². The van der Waals surface area contributed by atoms with Crippen LogP contribution in [0.3, 0.4) is 0 Å². The van der Waals surface area contributed by atoms with Gasteiger partial charge in [-0.25, -0.2) is 0 Å². The topological polar surface area (TPSA) is 26.3 Å². The third-order valence-electron chi connectivity index (χ3n) is 7.83. The van der Waals surface area contributed by atoms with E-state index >= 15 is 0 Å². The SMILES string of the molecule is CCCCCCC=CCCCCCCCCCC(=O)OCCCCCCCCCCCCCCCC(C)C. The molecule has 0 spiro atoms. The molecule has 0 fully saturated rings. The van der Waals surface area contributed by atoms with E-state index in [-0.39, 0.29) is 5.97 Å². The Labute approximate surface area is 240 Å². The highest BCUT2D eigenvalue weighted by molar-refractivity contribution is 5.69. The van der Waals surface area contributed by atoms with Crippen LogP contribution in [0, 0.1) is 5.92 Å². The third-order valence-corrected chi connectivity index (χ3v) is 7.83. The van der Waals surface area contributed by atoms with Gasteiger partial charge < -0.3 is 4.74 Å². The van der Waals surface area contributed by atoms with Gasteiger partial charge in [0.15, 0.2) is 0 Å². The molecule has 0 heterocycles. The first-order valence-corrected chi connectivity index (χ1v) is 17.5. The van der Waals surface area contributed by atoms with Crippen LogP contribution in [0.15, 0.2) is 12.2 Å². The fraction of sp³-hybridized carbons (Fsp3) is 0.917. The summed E-state index contributed by atoms with van der Waals surface area (Å²) in [5.74, 6) is 0.892. The van der Waals surface area contributed by atoms with Gasteiger partial charge in [-0.15, -0.1) is 0 Å². The van der Waals surface area contributed by atoms with Gasteiger partial charge in [0.2, 0.25) is 0 Å². The lowest BCUT2D eigenvalue weighted by Crippen LogP contribution is -2.05. The summed E-state index contributed by atoms with van der Waals surface area (Å²) in [5.41, 5.74) is 0. The zero-order chi connectivity index (χ0) is 27.8. The van der Waals surface area contributed by atoms with Crippen LogP contribution in [0.4, 0.5) is 0 Å². The van der Waals surface area contributed by atoms with E-state index in [1.165, 1.54) is 161 Å². The Balaban J connectivity index is 3.18. The normalized spacial score (nSPS) is 11.7. The molecule has 0 saturated heterocycles. The lowest BCUT2D eigenvalue weighted by Gasteiger charge is -2.06. The maximum absolute atomic E-state index is 11.9. The van der Waals surface area contributed by atoms with Crippen LogP contribution in [0.2, 0.25) is 0 Å². The first-order valence-electron chi connectivity index (χ1n) is 17.5. The van der Waals surface area contributed by atoms with Gasteiger partial charge in [0.05, 0.1) is 6.61 Å². The Morgan fingerprint density at radius 2 is 0.921 bits per heavy atom. The second-order valence-corrected chi connectivity index (χ2v) is 12.3. The van der Waals surface area contributed by atoms with E-state index in [0.717, 1.165) is 18.8 Å². The van der Waals surface area contributed by atoms with Crippen LogP contribution in [-0.2, 0) is 9.53 Å². The molecule has 0 atom stereocenters. The number of carbonyl (C=O) groups is 1. The summed E-state index contributed by atoms with van der Waals surface area (Å²) in [6.07, 6.45) is 41.2. The van der Waals surface area contributed by atoms with Gasteiger partial charge in [0.25, 0.3) is 0 Å². The largest absolute Gasteiger partial charge is 0.466 e. The standard InChI is InChI=1S/C36H70O2/c1-4-5-6-7-8-9-10-11-12-15-18-21-24-27-30-33-36(37)38-34-31-28-25-22-19-16-13-14-17-20-23-26-29-32-35(2)3/h9-10,35H,4-8,11-34H2,1-3H3. The van der Waals surface area contributed by atoms with Gasteiger partial charge in [-0.05, 0) is 44.4 Å². The highest BCUT2D eigenvalue weighted by atomic mass is 16.5. The highest BCUT2D eigenvalue weighted by Gasteiger charge is 2.02. The van der Waals surface area contributed by atoms with Crippen molar-refractivity contribution < 1.29 is 9.53 Å². The average molecular weight is 535 g/mol. The summed E-state index contributed by atoms with van der Waals surface area (Å²) >= 11 is 0. The molecule has 0 aliphatic rings. The summed E-state index contributed by atoms with van der Waals surface area (Å²) in [5, 5.41) is 0. The van der Waals surface area contributed by atoms with Crippen molar-refractivity contribution in [2.24, 2.45) is 5.92 Å². The number of hydrogen-bond donors (Lipinski definition) is 0. The Morgan fingerprint density at radius 3 is 1.39 bits per heavy atom. The lowest BCUT2D eigenvalue weighted by atomic mass is 10.0. The minimum Gasteiger partial charge on any atom is -0.466 e. The monoisotopic (exact) mass is 535 g/mol. The maximum Gasteiger partial charge on any atom is 0.305 e. The summed E-state index contributed by atoms with van der Waals surface area (Å²) in [6, 6.07) is 0. The van der Waals surface area contributed by atoms with Crippen LogP contribution in [-0.4, -0.2) is 12.6 Å². The van der Waals surface area contributed by atoms with Crippen LogP contribution >= 0.6 is 0 Å². The zero-order valence-corrected chi connectivity index (χ0v) is 26.6. The van der Waals surface area contributed by atoms with Gasteiger partial charge in [-0.1, -0.05) is 168 Å². The van der Waals surface area contributed by atoms with Crippen LogP contribution < -0.4 is 0 Å². The predicted octanol–water partition coefficient (Wildman–Crippen LogP) is 12.7. The zero-order valence-electron chi connectivity index (χ0n) is 26.6. The molecule has 0 aliphatic carbocycles. The molecule has 0 unspecified atom stereocenters. The number of allylic oxidation sites excluding steroid dienone is 2. The molecule has 0 saturated carbocycles. The molecule has 2 nitrogen and oxygen atoms in total. The Bertz CT molecular complexity index is 482. The lowest BCUT2D eigenvalue weighted by molar-refractivity contribution is -0.143. The molecule has 0 rings (SSSR count). The summed E-state index contributed by atoms with van der Waals surface area (Å²) in [6.45, 7) is 7.56. The van der Waals surface area contributed by atoms with E-state index in [1.54, 1.807) is 0 Å². The first kappa shape index (κ1) is 37.2. The predicted molar refractivity (Wildman–Crippen MR) is 170 cm³/mol. The molecule has 0 aromatic heterocycles. The molecule has 0 aromatic carbocycles. The van der Waals surface area contributed by atoms with Gasteiger partial charge in [0, 0.05) is 6.42 Å². The molecule has 38 heavy (non-hydrogen) atoms. The summed E-state index contributed by atoms with van der Waals surface area (Å²) in [4.78, 5) is 11.9. The van der Waals surface area contributed by atoms with Crippen molar-refractivity contribution in [1.82, 2.24) is 0 Å². The molecule has 0 amide bonds. The molecule has 0 aromatic rings. The van der Waals surface area contributed by atoms with Crippen molar-refractivity contribution in [3.63, 3.8) is 0 Å². The molecule has 0 bridgehead atoms. The molecule has 2 heteroatoms. The van der Waals surface area contributed by atoms with Gasteiger partial charge in [-0.2, -0.15) is 0 Å². The van der Waals surface area contributed by atoms with E-state index in [2.05, 4.69) is 32.9 Å². The minimum atomic E-state index is 0.0198. The number of carbonyl (C=O) groups excluding carboxylic acids is 1. The molecule has 0 aliphatic heterocycles. The Hall–Kier alpha value is -0.790. The van der Waals surface area contributed by atoms with E-state index in [1.807, 2.05) is 0 Å². The first-order chi connectivity index (χ1) is 18.7. The number of unbranched alkanes of at least 4 members (excludes halogenated alkanes) is 23. The third kappa shape index (κ3) is 33.2. The quantitative estimate of drug-likeness (QED) is 0.0502. The molecule has 0 N–H and O–H groups in total. The van der Waals surface area contributed by atoms with E-state index in [0.29, 0.717) is 13.0 Å². The van der Waals surface area contributed by atoms with Crippen molar-refractivity contribution in [3.8, 4) is 0 Å². The van der Waals surface area contributed by atoms with Gasteiger partial charge in [0.1, 0.15) is 0 Å². The molecular formula is C36H70O2. The summed E-state index contributed by atoms with van der Waals surface area (Å²) < 4.78 is 5.43. The van der Waals surface area contributed by atoms with Crippen LogP contribution in [0.1, 0.15) is 201 Å². The second kappa shape index (κ2) is 32.4. The number of ether oxygens (including phenoxy) is 1. The van der Waals surface area contributed by atoms with Gasteiger partial charge >= 0.3 is 5.97 Å². The van der Waals surface area contributed by atoms with Crippen LogP contribution in [0.25, 0.3) is 0 Å². The maximum atomic E-state index is 11.9. The number of rotatable bonds is 31. The van der Waals surface area contributed by atoms with Crippen molar-refractivity contribution in [3.05, 3.63) is 12.2 Å². The Morgan fingerprint density at radius 1 is 0.526 bits per heavy atom. The fourth-order valence-corrected chi connectivity index (χ4v) is 5.20. The van der Waals surface area contributed by atoms with E-state index in [4.69, 9.17) is 4.74 Å². The molecule has 226 valence electrons. The van der Waals surface area contributed by atoms with Crippen molar-refractivity contribution in [2.75, 3.05) is 6.61 Å². The molecular weight excluding hydrogens is 464 g/mol. The van der Waals surface area contributed by atoms with Crippen molar-refractivity contribution in [2.45, 2.75) is 201 Å². The number of esters is 1. The minimum absolute atomic E-state index is 0.0198. The molecule has 0 radical (unpaired) electrons. The average Bonchev–Trinajstić information content (AvgIpc) is 2.90. The van der Waals surface area contributed by atoms with Crippen LogP contribution in [0.5, 0.6) is 0 Å². The van der Waals surface area contributed by atoms with E-state index < -0.39 is 0 Å². The summed E-state index contributed by atoms with van der Waals surface area (Å²) in [7, 11) is 0.